The first-order chi connectivity index (χ1) is 14.2. The Hall–Kier alpha value is -2.32. The molecule has 0 saturated carbocycles. The molecule has 0 atom stereocenters. The highest BCUT2D eigenvalue weighted by molar-refractivity contribution is 5.92. The van der Waals surface area contributed by atoms with Crippen LogP contribution in [0, 0.1) is 6.92 Å². The van der Waals surface area contributed by atoms with E-state index in [0.29, 0.717) is 18.8 Å². The fraction of sp³-hybridized carbons (Fsp3) is 0.619. The molecule has 0 aromatic carbocycles. The largest absolute Gasteiger partial charge is 0.335 e. The lowest BCUT2D eigenvalue weighted by atomic mass is 10.1. The maximum absolute atomic E-state index is 12.8. The fourth-order valence-electron chi connectivity index (χ4n) is 4.10. The molecule has 2 aromatic rings. The number of hydrogen-bond donors (Lipinski definition) is 0. The topological polar surface area (TPSA) is 70.4 Å². The zero-order valence-corrected chi connectivity index (χ0v) is 17.3. The van der Waals surface area contributed by atoms with E-state index in [1.165, 1.54) is 37.9 Å². The molecule has 0 aliphatic carbocycles. The van der Waals surface area contributed by atoms with Crippen LogP contribution in [0.15, 0.2) is 24.5 Å². The number of piperazine rings is 1. The van der Waals surface area contributed by atoms with Gasteiger partial charge in [0.1, 0.15) is 0 Å². The molecule has 0 radical (unpaired) electrons. The van der Waals surface area contributed by atoms with Gasteiger partial charge < -0.3 is 9.80 Å². The van der Waals surface area contributed by atoms with Crippen molar-refractivity contribution in [1.82, 2.24) is 34.7 Å². The Kier molecular flexibility index (Phi) is 6.51. The Morgan fingerprint density at radius 1 is 1.00 bits per heavy atom. The van der Waals surface area contributed by atoms with Gasteiger partial charge in [-0.25, -0.2) is 0 Å². The van der Waals surface area contributed by atoms with Crippen LogP contribution in [0.25, 0.3) is 0 Å². The normalized spacial score (nSPS) is 18.9. The predicted octanol–water partition coefficient (Wildman–Crippen LogP) is 1.43. The summed E-state index contributed by atoms with van der Waals surface area (Å²) < 4.78 is 1.81. The summed E-state index contributed by atoms with van der Waals surface area (Å²) in [6, 6.07) is 4.06. The van der Waals surface area contributed by atoms with Crippen LogP contribution in [0.4, 0.5) is 0 Å². The zero-order valence-electron chi connectivity index (χ0n) is 17.3. The molecule has 2 aromatic heterocycles. The molecular weight excluding hydrogens is 366 g/mol. The van der Waals surface area contributed by atoms with Crippen LogP contribution < -0.4 is 0 Å². The Morgan fingerprint density at radius 3 is 2.55 bits per heavy atom. The zero-order chi connectivity index (χ0) is 20.1. The van der Waals surface area contributed by atoms with E-state index in [1.54, 1.807) is 6.20 Å². The molecule has 4 rings (SSSR count). The average Bonchev–Trinajstić information content (AvgIpc) is 3.24. The first kappa shape index (κ1) is 20.0. The van der Waals surface area contributed by atoms with Crippen LogP contribution in [0.3, 0.4) is 0 Å². The van der Waals surface area contributed by atoms with Crippen molar-refractivity contribution in [3.63, 3.8) is 0 Å². The van der Waals surface area contributed by atoms with E-state index in [0.717, 1.165) is 38.4 Å². The van der Waals surface area contributed by atoms with Gasteiger partial charge in [0.25, 0.3) is 5.91 Å². The fourth-order valence-corrected chi connectivity index (χ4v) is 4.10. The first-order valence-corrected chi connectivity index (χ1v) is 10.7. The molecule has 2 aliphatic rings. The summed E-state index contributed by atoms with van der Waals surface area (Å²) in [7, 11) is 0. The van der Waals surface area contributed by atoms with E-state index in [4.69, 9.17) is 0 Å². The van der Waals surface area contributed by atoms with Gasteiger partial charge in [0.2, 0.25) is 0 Å². The average molecular weight is 398 g/mol. The molecule has 0 N–H and O–H groups in total. The molecule has 2 aliphatic heterocycles. The van der Waals surface area contributed by atoms with Crippen molar-refractivity contribution in [3.8, 4) is 0 Å². The third kappa shape index (κ3) is 5.19. The van der Waals surface area contributed by atoms with Crippen molar-refractivity contribution >= 4 is 5.91 Å². The number of amides is 1. The second kappa shape index (κ2) is 9.45. The highest BCUT2D eigenvalue weighted by atomic mass is 16.2. The second-order valence-electron chi connectivity index (χ2n) is 8.10. The number of likely N-dealkylation sites (tertiary alicyclic amines) is 1. The van der Waals surface area contributed by atoms with E-state index in [1.807, 2.05) is 21.8 Å². The highest BCUT2D eigenvalue weighted by Crippen LogP contribution is 2.12. The summed E-state index contributed by atoms with van der Waals surface area (Å²) in [6.45, 7) is 10.2. The Labute approximate surface area is 172 Å². The van der Waals surface area contributed by atoms with Crippen LogP contribution in [0.5, 0.6) is 0 Å². The molecule has 2 saturated heterocycles. The van der Waals surface area contributed by atoms with Crippen molar-refractivity contribution in [1.29, 1.82) is 0 Å². The summed E-state index contributed by atoms with van der Waals surface area (Å²) in [4.78, 5) is 24.0. The van der Waals surface area contributed by atoms with Crippen LogP contribution in [0.2, 0.25) is 0 Å². The van der Waals surface area contributed by atoms with Crippen molar-refractivity contribution < 1.29 is 4.79 Å². The van der Waals surface area contributed by atoms with Crippen molar-refractivity contribution in [3.05, 3.63) is 41.5 Å². The molecule has 29 heavy (non-hydrogen) atoms. The lowest BCUT2D eigenvalue weighted by molar-refractivity contribution is 0.0621. The minimum atomic E-state index is -0.0112. The highest BCUT2D eigenvalue weighted by Gasteiger charge is 2.24. The molecule has 4 heterocycles. The number of aryl methyl sites for hydroxylation is 1. The smallest absolute Gasteiger partial charge is 0.276 e. The van der Waals surface area contributed by atoms with Gasteiger partial charge in [0.15, 0.2) is 5.69 Å². The summed E-state index contributed by atoms with van der Waals surface area (Å²) in [5.41, 5.74) is 2.79. The minimum absolute atomic E-state index is 0.0112. The lowest BCUT2D eigenvalue weighted by Gasteiger charge is -2.34. The van der Waals surface area contributed by atoms with E-state index in [2.05, 4.69) is 38.1 Å². The summed E-state index contributed by atoms with van der Waals surface area (Å²) in [5.74, 6) is -0.0112. The molecule has 0 unspecified atom stereocenters. The lowest BCUT2D eigenvalue weighted by Crippen LogP contribution is -2.48. The third-order valence-electron chi connectivity index (χ3n) is 6.00. The number of rotatable bonds is 6. The SMILES string of the molecule is Cc1cccnc1CN1CCN(C(=O)c2cn(CCN3CCCCC3)nn2)CC1. The number of carbonyl (C=O) groups excluding carboxylic acids is 1. The van der Waals surface area contributed by atoms with Gasteiger partial charge in [-0.3, -0.25) is 19.4 Å². The number of pyridine rings is 1. The number of piperidine rings is 1. The van der Waals surface area contributed by atoms with E-state index >= 15 is 0 Å². The van der Waals surface area contributed by atoms with E-state index in [9.17, 15) is 4.79 Å². The molecule has 1 amide bonds. The summed E-state index contributed by atoms with van der Waals surface area (Å²) >= 11 is 0. The van der Waals surface area contributed by atoms with Crippen LogP contribution in [-0.4, -0.2) is 86.4 Å². The van der Waals surface area contributed by atoms with E-state index in [-0.39, 0.29) is 5.91 Å². The molecule has 156 valence electrons. The molecule has 8 nitrogen and oxygen atoms in total. The summed E-state index contributed by atoms with van der Waals surface area (Å²) in [6.07, 6.45) is 7.56. The third-order valence-corrected chi connectivity index (χ3v) is 6.00. The molecule has 0 bridgehead atoms. The van der Waals surface area contributed by atoms with Gasteiger partial charge >= 0.3 is 0 Å². The predicted molar refractivity (Wildman–Crippen MR) is 110 cm³/mol. The van der Waals surface area contributed by atoms with Crippen LogP contribution in [-0.2, 0) is 13.1 Å². The maximum Gasteiger partial charge on any atom is 0.276 e. The Morgan fingerprint density at radius 2 is 1.79 bits per heavy atom. The Bertz CT molecular complexity index is 807. The quantitative estimate of drug-likeness (QED) is 0.734. The van der Waals surface area contributed by atoms with Crippen molar-refractivity contribution in [2.24, 2.45) is 0 Å². The first-order valence-electron chi connectivity index (χ1n) is 10.7. The maximum atomic E-state index is 12.8. The number of nitrogens with zero attached hydrogens (tertiary/aromatic N) is 7. The van der Waals surface area contributed by atoms with Crippen LogP contribution >= 0.6 is 0 Å². The van der Waals surface area contributed by atoms with Gasteiger partial charge in [-0.15, -0.1) is 5.10 Å². The second-order valence-corrected chi connectivity index (χ2v) is 8.10. The number of hydrogen-bond acceptors (Lipinski definition) is 6. The molecular formula is C21H31N7O. The van der Waals surface area contributed by atoms with Crippen molar-refractivity contribution in [2.75, 3.05) is 45.8 Å². The number of carbonyl (C=O) groups is 1. The Balaban J connectivity index is 1.25. The van der Waals surface area contributed by atoms with Crippen molar-refractivity contribution in [2.45, 2.75) is 39.3 Å². The standard InChI is InChI=1S/C21H31N7O/c1-18-6-5-7-22-19(18)16-26-10-13-27(14-11-26)21(29)20-17-28(24-23-20)15-12-25-8-3-2-4-9-25/h5-7,17H,2-4,8-16H2,1H3. The van der Waals surface area contributed by atoms with Gasteiger partial charge in [-0.2, -0.15) is 0 Å². The van der Waals surface area contributed by atoms with Gasteiger partial charge in [0.05, 0.1) is 18.4 Å². The summed E-state index contributed by atoms with van der Waals surface area (Å²) in [5, 5.41) is 8.30. The van der Waals surface area contributed by atoms with Crippen LogP contribution in [0.1, 0.15) is 41.0 Å². The van der Waals surface area contributed by atoms with Gasteiger partial charge in [-0.05, 0) is 44.5 Å². The van der Waals surface area contributed by atoms with E-state index < -0.39 is 0 Å². The van der Waals surface area contributed by atoms with Gasteiger partial charge in [0, 0.05) is 45.5 Å². The monoisotopic (exact) mass is 397 g/mol. The number of aromatic nitrogens is 4. The molecule has 0 spiro atoms. The van der Waals surface area contributed by atoms with Gasteiger partial charge in [-0.1, -0.05) is 17.7 Å². The molecule has 8 heteroatoms. The minimum Gasteiger partial charge on any atom is -0.335 e. The molecule has 2 fully saturated rings.